The minimum atomic E-state index is -1.33. The number of hydrogen-bond donors (Lipinski definition) is 1. The van der Waals surface area contributed by atoms with Crippen LogP contribution in [0.25, 0.3) is 0 Å². The quantitative estimate of drug-likeness (QED) is 0.0361. The highest BCUT2D eigenvalue weighted by molar-refractivity contribution is 5.73. The third kappa shape index (κ3) is 20.4. The molecule has 4 aliphatic rings. The van der Waals surface area contributed by atoms with E-state index in [9.17, 15) is 29.1 Å². The highest BCUT2D eigenvalue weighted by Gasteiger charge is 2.52. The van der Waals surface area contributed by atoms with Crippen LogP contribution in [0.4, 0.5) is 0 Å². The molecule has 0 aliphatic heterocycles. The lowest BCUT2D eigenvalue weighted by atomic mass is 9.49. The molecular formula is C51H88O11. The Balaban J connectivity index is 1.48. The van der Waals surface area contributed by atoms with Gasteiger partial charge >= 0.3 is 29.8 Å². The summed E-state index contributed by atoms with van der Waals surface area (Å²) in [5, 5.41) is 10.7. The van der Waals surface area contributed by atoms with Crippen molar-refractivity contribution in [1.29, 1.82) is 0 Å². The third-order valence-corrected chi connectivity index (χ3v) is 14.0. The molecule has 4 rings (SSSR count). The Labute approximate surface area is 375 Å². The van der Waals surface area contributed by atoms with Gasteiger partial charge < -0.3 is 28.8 Å². The maximum absolute atomic E-state index is 13.4. The van der Waals surface area contributed by atoms with E-state index in [0.717, 1.165) is 109 Å². The van der Waals surface area contributed by atoms with Crippen LogP contribution >= 0.6 is 0 Å². The summed E-state index contributed by atoms with van der Waals surface area (Å²) in [6.07, 6.45) is 25.8. The molecule has 0 spiro atoms. The molecule has 0 saturated heterocycles. The van der Waals surface area contributed by atoms with Gasteiger partial charge in [-0.1, -0.05) is 105 Å². The second kappa shape index (κ2) is 30.4. The fraction of sp³-hybridized carbons (Fsp3) is 0.902. The number of carbonyl (C=O) groups excluding carboxylic acids is 5. The molecule has 62 heavy (non-hydrogen) atoms. The second-order valence-electron chi connectivity index (χ2n) is 19.9. The van der Waals surface area contributed by atoms with Crippen LogP contribution in [-0.2, 0) is 47.7 Å². The zero-order valence-electron chi connectivity index (χ0n) is 39.7. The molecule has 4 fully saturated rings. The zero-order valence-corrected chi connectivity index (χ0v) is 39.7. The molecule has 4 saturated carbocycles. The molecule has 358 valence electrons. The monoisotopic (exact) mass is 877 g/mol. The van der Waals surface area contributed by atoms with Gasteiger partial charge in [0.2, 0.25) is 0 Å². The van der Waals surface area contributed by atoms with Crippen molar-refractivity contribution in [1.82, 2.24) is 0 Å². The van der Waals surface area contributed by atoms with Gasteiger partial charge in [0.05, 0.1) is 43.5 Å². The van der Waals surface area contributed by atoms with Crippen molar-refractivity contribution in [3.8, 4) is 0 Å². The summed E-state index contributed by atoms with van der Waals surface area (Å²) in [7, 11) is 0. The summed E-state index contributed by atoms with van der Waals surface area (Å²) in [4.78, 5) is 65.0. The van der Waals surface area contributed by atoms with Gasteiger partial charge in [0, 0.05) is 12.8 Å². The van der Waals surface area contributed by atoms with Crippen LogP contribution in [0.1, 0.15) is 214 Å². The fourth-order valence-corrected chi connectivity index (χ4v) is 10.6. The van der Waals surface area contributed by atoms with E-state index >= 15 is 0 Å². The van der Waals surface area contributed by atoms with Crippen LogP contribution in [0.15, 0.2) is 0 Å². The topological polar surface area (TPSA) is 152 Å². The Morgan fingerprint density at radius 3 is 1.27 bits per heavy atom. The maximum Gasteiger partial charge on any atom is 0.308 e. The molecule has 0 aromatic heterocycles. The highest BCUT2D eigenvalue weighted by atomic mass is 16.6. The summed E-state index contributed by atoms with van der Waals surface area (Å²) in [5.74, 6) is 0.277. The first-order valence-electron chi connectivity index (χ1n) is 25.4. The van der Waals surface area contributed by atoms with Crippen LogP contribution in [-0.4, -0.2) is 74.6 Å². The number of unbranched alkanes of at least 4 members (excludes halogenated alkanes) is 10. The average molecular weight is 877 g/mol. The smallest absolute Gasteiger partial charge is 0.308 e. The lowest BCUT2D eigenvalue weighted by Crippen LogP contribution is -2.47. The van der Waals surface area contributed by atoms with E-state index in [2.05, 4.69) is 27.7 Å². The van der Waals surface area contributed by atoms with E-state index in [1.165, 1.54) is 32.1 Å². The first-order valence-corrected chi connectivity index (χ1v) is 25.4. The molecule has 0 heterocycles. The Bertz CT molecular complexity index is 1200. The molecule has 0 aromatic rings. The van der Waals surface area contributed by atoms with Crippen molar-refractivity contribution in [2.75, 3.05) is 39.6 Å². The number of carbonyl (C=O) groups is 5. The largest absolute Gasteiger partial charge is 0.465 e. The Hall–Kier alpha value is -2.69. The van der Waals surface area contributed by atoms with Gasteiger partial charge in [-0.3, -0.25) is 24.0 Å². The number of aliphatic hydroxyl groups is 1. The van der Waals surface area contributed by atoms with Gasteiger partial charge in [0.1, 0.15) is 19.8 Å². The highest BCUT2D eigenvalue weighted by Crippen LogP contribution is 2.61. The van der Waals surface area contributed by atoms with Gasteiger partial charge in [0.15, 0.2) is 0 Å². The molecule has 0 radical (unpaired) electrons. The minimum Gasteiger partial charge on any atom is -0.465 e. The van der Waals surface area contributed by atoms with E-state index < -0.39 is 24.0 Å². The summed E-state index contributed by atoms with van der Waals surface area (Å²) < 4.78 is 28.4. The molecule has 4 bridgehead atoms. The molecule has 4 aliphatic carbocycles. The minimum absolute atomic E-state index is 0.0224. The van der Waals surface area contributed by atoms with Crippen molar-refractivity contribution in [2.45, 2.75) is 214 Å². The molecule has 11 nitrogen and oxygen atoms in total. The number of hydrogen-bond acceptors (Lipinski definition) is 11. The first-order chi connectivity index (χ1) is 30.0. The van der Waals surface area contributed by atoms with Gasteiger partial charge in [-0.15, -0.1) is 0 Å². The van der Waals surface area contributed by atoms with E-state index in [0.29, 0.717) is 49.9 Å². The summed E-state index contributed by atoms with van der Waals surface area (Å²) in [5.41, 5.74) is -1.35. The number of esters is 5. The summed E-state index contributed by atoms with van der Waals surface area (Å²) >= 11 is 0. The van der Waals surface area contributed by atoms with Gasteiger partial charge in [-0.25, -0.2) is 0 Å². The van der Waals surface area contributed by atoms with Crippen molar-refractivity contribution >= 4 is 29.8 Å². The van der Waals surface area contributed by atoms with Crippen LogP contribution < -0.4 is 0 Å². The van der Waals surface area contributed by atoms with Crippen molar-refractivity contribution in [3.63, 3.8) is 0 Å². The predicted molar refractivity (Wildman–Crippen MR) is 241 cm³/mol. The number of ether oxygens (including phenoxy) is 5. The molecule has 0 aromatic carbocycles. The lowest BCUT2D eigenvalue weighted by molar-refractivity contribution is -0.168. The second-order valence-corrected chi connectivity index (χ2v) is 19.9. The SMILES string of the molecule is CCCCCCC(CCCC)C(=O)OCCCCC(=O)OCC(CO)(COC(=O)CCCCOC(=O)C(CCCC)CCCCCC)COC(=O)CC12CC3CC(CC(C3)C1)C2. The Kier molecular flexibility index (Phi) is 26.3. The number of rotatable bonds is 37. The van der Waals surface area contributed by atoms with Crippen LogP contribution in [0.3, 0.4) is 0 Å². The van der Waals surface area contributed by atoms with E-state index in [4.69, 9.17) is 23.7 Å². The Morgan fingerprint density at radius 2 is 0.887 bits per heavy atom. The fourth-order valence-electron chi connectivity index (χ4n) is 10.6. The van der Waals surface area contributed by atoms with E-state index in [1.54, 1.807) is 0 Å². The van der Waals surface area contributed by atoms with Crippen LogP contribution in [0.2, 0.25) is 0 Å². The summed E-state index contributed by atoms with van der Waals surface area (Å²) in [6, 6.07) is 0. The molecule has 2 unspecified atom stereocenters. The van der Waals surface area contributed by atoms with Gasteiger partial charge in [0.25, 0.3) is 0 Å². The number of aliphatic hydroxyl groups excluding tert-OH is 1. The normalized spacial score (nSPS) is 22.0. The Morgan fingerprint density at radius 1 is 0.500 bits per heavy atom. The van der Waals surface area contributed by atoms with E-state index in [-0.39, 0.29) is 81.0 Å². The van der Waals surface area contributed by atoms with Crippen molar-refractivity contribution in [3.05, 3.63) is 0 Å². The maximum atomic E-state index is 13.4. The van der Waals surface area contributed by atoms with Crippen molar-refractivity contribution in [2.24, 2.45) is 40.4 Å². The molecule has 2 atom stereocenters. The zero-order chi connectivity index (χ0) is 45.1. The average Bonchev–Trinajstić information content (AvgIpc) is 3.24. The first kappa shape index (κ1) is 53.6. The van der Waals surface area contributed by atoms with Crippen molar-refractivity contribution < 1.29 is 52.8 Å². The molecule has 11 heteroatoms. The van der Waals surface area contributed by atoms with E-state index in [1.807, 2.05) is 0 Å². The summed E-state index contributed by atoms with van der Waals surface area (Å²) in [6.45, 7) is 7.70. The lowest BCUT2D eigenvalue weighted by Gasteiger charge is -2.56. The molecule has 0 amide bonds. The van der Waals surface area contributed by atoms with Gasteiger partial charge in [-0.2, -0.15) is 0 Å². The van der Waals surface area contributed by atoms with Gasteiger partial charge in [-0.05, 0) is 113 Å². The molecule has 1 N–H and O–H groups in total. The van der Waals surface area contributed by atoms with Crippen LogP contribution in [0.5, 0.6) is 0 Å². The standard InChI is InChI=1S/C51H88O11/c1-5-9-13-15-23-43(21-11-7-3)48(56)58-27-19-17-25-45(53)60-37-51(36-52,39-62-47(55)35-50-32-40-29-41(33-50)31-42(30-40)34-50)38-61-46(54)26-18-20-28-59-49(57)44(22-12-8-4)24-16-14-10-6-2/h40-44,52H,5-39H2,1-4H3. The third-order valence-electron chi connectivity index (χ3n) is 14.0. The van der Waals surface area contributed by atoms with Crippen LogP contribution in [0, 0.1) is 40.4 Å². The predicted octanol–water partition coefficient (Wildman–Crippen LogP) is 11.2. The molecular weight excluding hydrogens is 789 g/mol.